The molecule has 0 amide bonds. The lowest BCUT2D eigenvalue weighted by Gasteiger charge is -2.24. The van der Waals surface area contributed by atoms with Gasteiger partial charge in [-0.3, -0.25) is 0 Å². The highest BCUT2D eigenvalue weighted by Gasteiger charge is 2.57. The Balaban J connectivity index is 1.54. The van der Waals surface area contributed by atoms with Crippen LogP contribution in [-0.4, -0.2) is 54.2 Å². The molecule has 5 atom stereocenters. The lowest BCUT2D eigenvalue weighted by Crippen LogP contribution is -2.41. The summed E-state index contributed by atoms with van der Waals surface area (Å²) in [6.07, 6.45) is -5.80. The Labute approximate surface area is 133 Å². The minimum Gasteiger partial charge on any atom is -0.459 e. The van der Waals surface area contributed by atoms with Gasteiger partial charge in [-0.05, 0) is 26.0 Å². The van der Waals surface area contributed by atoms with Gasteiger partial charge in [-0.1, -0.05) is 18.2 Å². The van der Waals surface area contributed by atoms with Crippen LogP contribution in [0.25, 0.3) is 0 Å². The third-order valence-electron chi connectivity index (χ3n) is 3.78. The van der Waals surface area contributed by atoms with Gasteiger partial charge < -0.3 is 24.1 Å². The second-order valence-corrected chi connectivity index (χ2v) is 6.05. The zero-order chi connectivity index (χ0) is 16.6. The molecule has 1 aromatic rings. The van der Waals surface area contributed by atoms with E-state index in [0.29, 0.717) is 5.56 Å². The summed E-state index contributed by atoms with van der Waals surface area (Å²) in [6, 6.07) is 8.34. The van der Waals surface area contributed by atoms with Gasteiger partial charge in [0.15, 0.2) is 18.2 Å². The predicted octanol–water partition coefficient (Wildman–Crippen LogP) is 1.42. The van der Waals surface area contributed by atoms with E-state index in [1.807, 2.05) is 0 Å². The molecule has 0 bridgehead atoms. The number of hydrogen-bond donors (Lipinski definition) is 1. The van der Waals surface area contributed by atoms with Crippen LogP contribution in [0.15, 0.2) is 30.3 Å². The Bertz CT molecular complexity index is 563. The fourth-order valence-corrected chi connectivity index (χ4v) is 2.71. The van der Waals surface area contributed by atoms with E-state index in [2.05, 4.69) is 0 Å². The minimum absolute atomic E-state index is 0.356. The number of benzene rings is 1. The lowest BCUT2D eigenvalue weighted by atomic mass is 10.1. The van der Waals surface area contributed by atoms with Gasteiger partial charge in [0.2, 0.25) is 0 Å². The number of fused-ring (bicyclic) bond motifs is 1. The number of alkyl halides is 1. The summed E-state index contributed by atoms with van der Waals surface area (Å²) in [4.78, 5) is 11.8. The molecule has 0 spiro atoms. The summed E-state index contributed by atoms with van der Waals surface area (Å²) in [5, 5.41) is 10.0. The maximum atomic E-state index is 14.4. The predicted molar refractivity (Wildman–Crippen MR) is 76.3 cm³/mol. The van der Waals surface area contributed by atoms with Crippen molar-refractivity contribution >= 4 is 5.97 Å². The molecular formula is C16H19FO6. The first-order valence-corrected chi connectivity index (χ1v) is 7.43. The molecule has 0 aromatic heterocycles. The molecule has 0 radical (unpaired) electrons. The van der Waals surface area contributed by atoms with Crippen molar-refractivity contribution in [3.63, 3.8) is 0 Å². The average Bonchev–Trinajstić information content (AvgIpc) is 2.99. The number of hydrogen-bond acceptors (Lipinski definition) is 6. The van der Waals surface area contributed by atoms with E-state index in [0.717, 1.165) is 0 Å². The van der Waals surface area contributed by atoms with Crippen LogP contribution in [0.1, 0.15) is 24.2 Å². The third-order valence-corrected chi connectivity index (χ3v) is 3.78. The molecule has 2 heterocycles. The summed E-state index contributed by atoms with van der Waals surface area (Å²) >= 11 is 0. The molecule has 2 aliphatic heterocycles. The van der Waals surface area contributed by atoms with Gasteiger partial charge in [0.05, 0.1) is 5.56 Å². The lowest BCUT2D eigenvalue weighted by molar-refractivity contribution is -0.222. The number of halogens is 1. The van der Waals surface area contributed by atoms with Gasteiger partial charge in [-0.25, -0.2) is 9.18 Å². The quantitative estimate of drug-likeness (QED) is 0.844. The largest absolute Gasteiger partial charge is 0.459 e. The van der Waals surface area contributed by atoms with E-state index in [-0.39, 0.29) is 6.61 Å². The number of carbonyl (C=O) groups excluding carboxylic acids is 1. The fraction of sp³-hybridized carbons (Fsp3) is 0.562. The zero-order valence-electron chi connectivity index (χ0n) is 12.8. The Morgan fingerprint density at radius 1 is 1.35 bits per heavy atom. The number of rotatable bonds is 4. The van der Waals surface area contributed by atoms with E-state index in [4.69, 9.17) is 18.9 Å². The molecule has 1 aromatic carbocycles. The highest BCUT2D eigenvalue weighted by molar-refractivity contribution is 5.89. The topological polar surface area (TPSA) is 74.2 Å². The summed E-state index contributed by atoms with van der Waals surface area (Å²) < 4.78 is 35.6. The van der Waals surface area contributed by atoms with Crippen LogP contribution in [0.3, 0.4) is 0 Å². The SMILES string of the molecule is CC1(C)OC2C(F)[C@@H](C(O)COC(=O)c3ccccc3)O[C@@H]2O1. The number of esters is 1. The molecule has 6 nitrogen and oxygen atoms in total. The molecule has 2 saturated heterocycles. The van der Waals surface area contributed by atoms with Crippen molar-refractivity contribution in [2.45, 2.75) is 50.4 Å². The molecule has 3 unspecified atom stereocenters. The summed E-state index contributed by atoms with van der Waals surface area (Å²) in [5.41, 5.74) is 0.356. The Kier molecular flexibility index (Phi) is 4.37. The number of aliphatic hydroxyl groups excluding tert-OH is 1. The van der Waals surface area contributed by atoms with Crippen molar-refractivity contribution in [1.29, 1.82) is 0 Å². The number of carbonyl (C=O) groups is 1. The summed E-state index contributed by atoms with van der Waals surface area (Å²) in [5.74, 6) is -1.51. The van der Waals surface area contributed by atoms with Crippen LogP contribution >= 0.6 is 0 Å². The molecule has 2 fully saturated rings. The van der Waals surface area contributed by atoms with Crippen LogP contribution in [0.2, 0.25) is 0 Å². The Morgan fingerprint density at radius 2 is 2.04 bits per heavy atom. The molecule has 1 N–H and O–H groups in total. The van der Waals surface area contributed by atoms with Crippen LogP contribution < -0.4 is 0 Å². The highest BCUT2D eigenvalue weighted by Crippen LogP contribution is 2.39. The van der Waals surface area contributed by atoms with Crippen molar-refractivity contribution < 1.29 is 33.2 Å². The van der Waals surface area contributed by atoms with Crippen LogP contribution in [-0.2, 0) is 18.9 Å². The smallest absolute Gasteiger partial charge is 0.338 e. The van der Waals surface area contributed by atoms with Crippen molar-refractivity contribution in [3.8, 4) is 0 Å². The van der Waals surface area contributed by atoms with E-state index in [9.17, 15) is 14.3 Å². The average molecular weight is 326 g/mol. The van der Waals surface area contributed by atoms with Gasteiger partial charge in [0.25, 0.3) is 0 Å². The van der Waals surface area contributed by atoms with E-state index >= 15 is 0 Å². The first kappa shape index (κ1) is 16.3. The van der Waals surface area contributed by atoms with E-state index < -0.39 is 42.5 Å². The standard InChI is InChI=1S/C16H19FO6/c1-16(2)22-13-11(17)12(21-15(13)23-16)10(18)8-20-14(19)9-6-4-3-5-7-9/h3-7,10-13,15,18H,8H2,1-2H3/t10?,11?,12-,13?,15-/m1/s1. The fourth-order valence-electron chi connectivity index (χ4n) is 2.71. The maximum Gasteiger partial charge on any atom is 0.338 e. The first-order valence-electron chi connectivity index (χ1n) is 7.43. The van der Waals surface area contributed by atoms with Gasteiger partial charge in [-0.15, -0.1) is 0 Å². The van der Waals surface area contributed by atoms with E-state index in [1.165, 1.54) is 0 Å². The molecule has 23 heavy (non-hydrogen) atoms. The van der Waals surface area contributed by atoms with Crippen LogP contribution in [0.4, 0.5) is 4.39 Å². The van der Waals surface area contributed by atoms with Crippen LogP contribution in [0.5, 0.6) is 0 Å². The van der Waals surface area contributed by atoms with Crippen molar-refractivity contribution in [2.75, 3.05) is 6.61 Å². The third kappa shape index (κ3) is 3.37. The molecular weight excluding hydrogens is 307 g/mol. The summed E-state index contributed by atoms with van der Waals surface area (Å²) in [7, 11) is 0. The molecule has 0 saturated carbocycles. The molecule has 7 heteroatoms. The van der Waals surface area contributed by atoms with Crippen molar-refractivity contribution in [2.24, 2.45) is 0 Å². The second kappa shape index (κ2) is 6.16. The number of aliphatic hydroxyl groups is 1. The Hall–Kier alpha value is -1.54. The van der Waals surface area contributed by atoms with E-state index in [1.54, 1.807) is 44.2 Å². The molecule has 3 rings (SSSR count). The van der Waals surface area contributed by atoms with Crippen molar-refractivity contribution in [1.82, 2.24) is 0 Å². The Morgan fingerprint density at radius 3 is 2.70 bits per heavy atom. The van der Waals surface area contributed by atoms with Gasteiger partial charge in [0.1, 0.15) is 24.9 Å². The molecule has 126 valence electrons. The highest BCUT2D eigenvalue weighted by atomic mass is 19.1. The summed E-state index contributed by atoms with van der Waals surface area (Å²) in [6.45, 7) is 2.95. The minimum atomic E-state index is -1.56. The second-order valence-electron chi connectivity index (χ2n) is 6.05. The monoisotopic (exact) mass is 326 g/mol. The molecule has 0 aliphatic carbocycles. The maximum absolute atomic E-state index is 14.4. The van der Waals surface area contributed by atoms with Crippen LogP contribution in [0, 0.1) is 0 Å². The molecule has 2 aliphatic rings. The van der Waals surface area contributed by atoms with Gasteiger partial charge in [-0.2, -0.15) is 0 Å². The van der Waals surface area contributed by atoms with Gasteiger partial charge >= 0.3 is 5.97 Å². The first-order chi connectivity index (χ1) is 10.9. The number of ether oxygens (including phenoxy) is 4. The van der Waals surface area contributed by atoms with Crippen molar-refractivity contribution in [3.05, 3.63) is 35.9 Å². The zero-order valence-corrected chi connectivity index (χ0v) is 12.8. The normalized spacial score (nSPS) is 33.2. The van der Waals surface area contributed by atoms with Gasteiger partial charge in [0, 0.05) is 0 Å².